The van der Waals surface area contributed by atoms with E-state index in [1.807, 2.05) is 24.4 Å². The van der Waals surface area contributed by atoms with E-state index in [0.717, 1.165) is 29.7 Å². The van der Waals surface area contributed by atoms with E-state index in [1.165, 1.54) is 5.56 Å². The molecule has 2 bridgehead atoms. The molecule has 4 rings (SSSR count). The smallest absolute Gasteiger partial charge is 0.0819 e. The Morgan fingerprint density at radius 1 is 0.952 bits per heavy atom. The van der Waals surface area contributed by atoms with Crippen LogP contribution in [0, 0.1) is 5.41 Å². The molecule has 1 heterocycles. The second-order valence-corrected chi connectivity index (χ2v) is 7.02. The lowest BCUT2D eigenvalue weighted by molar-refractivity contribution is 0.263. The van der Waals surface area contributed by atoms with Gasteiger partial charge in [-0.3, -0.25) is 4.98 Å². The molecule has 3 heteroatoms. The quantitative estimate of drug-likeness (QED) is 0.724. The fourth-order valence-corrected chi connectivity index (χ4v) is 4.43. The van der Waals surface area contributed by atoms with E-state index in [4.69, 9.17) is 15.7 Å². The molecule has 1 saturated carbocycles. The van der Waals surface area contributed by atoms with Crippen molar-refractivity contribution < 1.29 is 0 Å². The molecule has 2 aliphatic carbocycles. The molecule has 0 N–H and O–H groups in total. The van der Waals surface area contributed by atoms with Crippen LogP contribution in [0.1, 0.15) is 37.8 Å². The Bertz CT molecular complexity index is 725. The molecule has 21 heavy (non-hydrogen) atoms. The van der Waals surface area contributed by atoms with Gasteiger partial charge in [-0.05, 0) is 33.2 Å². The van der Waals surface area contributed by atoms with Crippen molar-refractivity contribution in [3.05, 3.63) is 53.7 Å². The van der Waals surface area contributed by atoms with Crippen LogP contribution in [0.3, 0.4) is 0 Å². The predicted molar refractivity (Wildman–Crippen MR) is 87.6 cm³/mol. The lowest BCUT2D eigenvalue weighted by Gasteiger charge is -2.40. The van der Waals surface area contributed by atoms with E-state index in [-0.39, 0.29) is 10.7 Å². The van der Waals surface area contributed by atoms with Gasteiger partial charge in [-0.1, -0.05) is 57.0 Å². The van der Waals surface area contributed by atoms with Gasteiger partial charge in [0.15, 0.2) is 0 Å². The molecular formula is C18H17B2N. The van der Waals surface area contributed by atoms with Crippen molar-refractivity contribution >= 4 is 15.7 Å². The average Bonchev–Trinajstić information content (AvgIpc) is 2.76. The van der Waals surface area contributed by atoms with Gasteiger partial charge in [-0.2, -0.15) is 0 Å². The molecule has 4 radical (unpaired) electrons. The van der Waals surface area contributed by atoms with Gasteiger partial charge >= 0.3 is 0 Å². The highest BCUT2D eigenvalue weighted by Gasteiger charge is 2.65. The Morgan fingerprint density at radius 3 is 2.33 bits per heavy atom. The molecule has 0 aliphatic heterocycles. The highest BCUT2D eigenvalue weighted by molar-refractivity contribution is 6.25. The highest BCUT2D eigenvalue weighted by Crippen LogP contribution is 2.69. The summed E-state index contributed by atoms with van der Waals surface area (Å²) < 4.78 is 0. The number of benzene rings is 1. The standard InChI is InChI=1S/C18H17B2N/c1-16(2)17(19)9-10-18(16,20)14-13(17)8-11-21-15(14)12-6-4-3-5-7-12/h3-8,11H,9-10H2,1-2H3. The minimum absolute atomic E-state index is 0.158. The third kappa shape index (κ3) is 1.33. The third-order valence-corrected chi connectivity index (χ3v) is 6.07. The van der Waals surface area contributed by atoms with Crippen molar-refractivity contribution in [3.8, 4) is 11.3 Å². The van der Waals surface area contributed by atoms with Gasteiger partial charge in [0.2, 0.25) is 0 Å². The normalized spacial score (nSPS) is 32.1. The SMILES string of the molecule is [B]C12CCC([B])(c3c1ccnc3-c1ccccc1)C2(C)C. The molecule has 2 aromatic rings. The molecule has 1 nitrogen and oxygen atoms in total. The first-order chi connectivity index (χ1) is 9.92. The summed E-state index contributed by atoms with van der Waals surface area (Å²) in [5, 5.41) is -0.736. The van der Waals surface area contributed by atoms with Crippen LogP contribution in [0.25, 0.3) is 11.3 Å². The Morgan fingerprint density at radius 2 is 1.62 bits per heavy atom. The second-order valence-electron chi connectivity index (χ2n) is 7.02. The van der Waals surface area contributed by atoms with Crippen LogP contribution in [0.5, 0.6) is 0 Å². The topological polar surface area (TPSA) is 12.9 Å². The fourth-order valence-electron chi connectivity index (χ4n) is 4.43. The minimum atomic E-state index is -0.392. The zero-order valence-electron chi connectivity index (χ0n) is 12.6. The number of pyridine rings is 1. The number of fused-ring (bicyclic) bond motifs is 5. The van der Waals surface area contributed by atoms with Gasteiger partial charge in [0.25, 0.3) is 0 Å². The summed E-state index contributed by atoms with van der Waals surface area (Å²) >= 11 is 0. The van der Waals surface area contributed by atoms with Crippen LogP contribution in [-0.2, 0) is 10.6 Å². The van der Waals surface area contributed by atoms with E-state index in [0.29, 0.717) is 0 Å². The van der Waals surface area contributed by atoms with Crippen LogP contribution < -0.4 is 0 Å². The number of rotatable bonds is 1. The Balaban J connectivity index is 2.06. The summed E-state index contributed by atoms with van der Waals surface area (Å²) in [7, 11) is 13.7. The number of hydrogen-bond donors (Lipinski definition) is 0. The van der Waals surface area contributed by atoms with Crippen molar-refractivity contribution in [1.29, 1.82) is 0 Å². The summed E-state index contributed by atoms with van der Waals surface area (Å²) in [6, 6.07) is 12.3. The molecule has 1 fully saturated rings. The van der Waals surface area contributed by atoms with Crippen LogP contribution >= 0.6 is 0 Å². The summed E-state index contributed by atoms with van der Waals surface area (Å²) in [5.41, 5.74) is 4.31. The molecule has 0 spiro atoms. The third-order valence-electron chi connectivity index (χ3n) is 6.07. The molecule has 2 atom stereocenters. The van der Waals surface area contributed by atoms with Crippen LogP contribution in [0.2, 0.25) is 0 Å². The van der Waals surface area contributed by atoms with E-state index >= 15 is 0 Å². The number of aromatic nitrogens is 1. The lowest BCUT2D eigenvalue weighted by Crippen LogP contribution is -2.42. The maximum Gasteiger partial charge on any atom is 0.0819 e. The predicted octanol–water partition coefficient (Wildman–Crippen LogP) is 3.31. The fraction of sp³-hybridized carbons (Fsp3) is 0.389. The Labute approximate surface area is 129 Å². The molecule has 0 saturated heterocycles. The zero-order valence-corrected chi connectivity index (χ0v) is 12.6. The van der Waals surface area contributed by atoms with Crippen LogP contribution in [-0.4, -0.2) is 20.7 Å². The van der Waals surface area contributed by atoms with E-state index < -0.39 is 5.31 Å². The molecule has 100 valence electrons. The second kappa shape index (κ2) is 3.82. The first kappa shape index (κ1) is 13.2. The molecule has 0 amide bonds. The molecule has 1 aromatic heterocycles. The van der Waals surface area contributed by atoms with Gasteiger partial charge in [0.05, 0.1) is 21.4 Å². The Kier molecular flexibility index (Phi) is 2.40. The van der Waals surface area contributed by atoms with E-state index in [9.17, 15) is 0 Å². The summed E-state index contributed by atoms with van der Waals surface area (Å²) in [4.78, 5) is 4.65. The summed E-state index contributed by atoms with van der Waals surface area (Å²) in [5.74, 6) is 0. The van der Waals surface area contributed by atoms with Gasteiger partial charge in [-0.15, -0.1) is 0 Å². The largest absolute Gasteiger partial charge is 0.256 e. The summed E-state index contributed by atoms with van der Waals surface area (Å²) in [6.07, 6.45) is 3.74. The highest BCUT2D eigenvalue weighted by atomic mass is 14.7. The first-order valence-electron chi connectivity index (χ1n) is 7.55. The van der Waals surface area contributed by atoms with Crippen LogP contribution in [0.15, 0.2) is 42.6 Å². The van der Waals surface area contributed by atoms with Crippen molar-refractivity contribution in [2.24, 2.45) is 5.41 Å². The minimum Gasteiger partial charge on any atom is -0.256 e. The van der Waals surface area contributed by atoms with E-state index in [2.05, 4.69) is 37.0 Å². The first-order valence-corrected chi connectivity index (χ1v) is 7.55. The molecule has 2 unspecified atom stereocenters. The van der Waals surface area contributed by atoms with Gasteiger partial charge in [0.1, 0.15) is 0 Å². The molecular weight excluding hydrogens is 252 g/mol. The lowest BCUT2D eigenvalue weighted by atomic mass is 9.49. The van der Waals surface area contributed by atoms with Gasteiger partial charge < -0.3 is 0 Å². The molecule has 2 aliphatic rings. The maximum absolute atomic E-state index is 6.89. The van der Waals surface area contributed by atoms with Gasteiger partial charge in [0, 0.05) is 11.8 Å². The van der Waals surface area contributed by atoms with Crippen LogP contribution in [0.4, 0.5) is 0 Å². The van der Waals surface area contributed by atoms with E-state index in [1.54, 1.807) is 0 Å². The molecule has 1 aromatic carbocycles. The van der Waals surface area contributed by atoms with Gasteiger partial charge in [-0.25, -0.2) is 0 Å². The van der Waals surface area contributed by atoms with Crippen molar-refractivity contribution in [2.75, 3.05) is 0 Å². The number of hydrogen-bond acceptors (Lipinski definition) is 1. The Hall–Kier alpha value is -1.50. The average molecular weight is 269 g/mol. The van der Waals surface area contributed by atoms with Crippen molar-refractivity contribution in [3.63, 3.8) is 0 Å². The van der Waals surface area contributed by atoms with Crippen molar-refractivity contribution in [2.45, 2.75) is 37.3 Å². The zero-order chi connectivity index (χ0) is 14.9. The van der Waals surface area contributed by atoms with Crippen molar-refractivity contribution in [1.82, 2.24) is 4.98 Å². The summed E-state index contributed by atoms with van der Waals surface area (Å²) in [6.45, 7) is 4.41. The monoisotopic (exact) mass is 269 g/mol. The number of nitrogens with zero attached hydrogens (tertiary/aromatic N) is 1. The maximum atomic E-state index is 6.89.